The van der Waals surface area contributed by atoms with Crippen LogP contribution in [0.2, 0.25) is 0 Å². The van der Waals surface area contributed by atoms with Crippen LogP contribution in [0.1, 0.15) is 38.7 Å². The molecule has 0 aliphatic rings. The smallest absolute Gasteiger partial charge is 0.165 e. The van der Waals surface area contributed by atoms with E-state index in [2.05, 4.69) is 13.8 Å². The number of rotatable bonds is 9. The summed E-state index contributed by atoms with van der Waals surface area (Å²) in [5.74, 6) is 1.89. The van der Waals surface area contributed by atoms with Gasteiger partial charge in [-0.3, -0.25) is 0 Å². The van der Waals surface area contributed by atoms with Gasteiger partial charge in [0, 0.05) is 22.1 Å². The highest BCUT2D eigenvalue weighted by atomic mass is 31.1. The molecule has 26 heavy (non-hydrogen) atoms. The van der Waals surface area contributed by atoms with E-state index in [0.717, 1.165) is 30.1 Å². The molecule has 0 amide bonds. The van der Waals surface area contributed by atoms with Crippen LogP contribution in [0.3, 0.4) is 0 Å². The standard InChI is InChI=1S/C21H28FO3P/c1-6-12-21(7-2,26-19-11-9-8-10-17(19)22)16-13-15(23-3)14-18(24-4)20(16)25-5/h8-11,13-14,26H,6-7,12H2,1-5H3. The van der Waals surface area contributed by atoms with E-state index in [1.807, 2.05) is 24.3 Å². The lowest BCUT2D eigenvalue weighted by molar-refractivity contribution is 0.339. The van der Waals surface area contributed by atoms with Crippen molar-refractivity contribution in [3.63, 3.8) is 0 Å². The minimum atomic E-state index is -0.246. The van der Waals surface area contributed by atoms with Crippen molar-refractivity contribution < 1.29 is 18.6 Å². The van der Waals surface area contributed by atoms with Gasteiger partial charge in [0.2, 0.25) is 0 Å². The Balaban J connectivity index is 2.68. The van der Waals surface area contributed by atoms with Crippen molar-refractivity contribution >= 4 is 13.9 Å². The summed E-state index contributed by atoms with van der Waals surface area (Å²) in [5, 5.41) is 0.496. The first-order chi connectivity index (χ1) is 12.5. The second-order valence-corrected chi connectivity index (χ2v) is 7.95. The van der Waals surface area contributed by atoms with Gasteiger partial charge in [0.05, 0.1) is 21.3 Å². The Labute approximate surface area is 157 Å². The van der Waals surface area contributed by atoms with E-state index in [9.17, 15) is 4.39 Å². The number of benzene rings is 2. The molecule has 0 saturated carbocycles. The largest absolute Gasteiger partial charge is 0.497 e. The summed E-state index contributed by atoms with van der Waals surface area (Å²) in [5.41, 5.74) is 1.02. The van der Waals surface area contributed by atoms with Crippen LogP contribution in [0.25, 0.3) is 0 Å². The van der Waals surface area contributed by atoms with Gasteiger partial charge in [-0.15, -0.1) is 0 Å². The fourth-order valence-electron chi connectivity index (χ4n) is 3.38. The van der Waals surface area contributed by atoms with Crippen LogP contribution in [-0.2, 0) is 5.16 Å². The molecule has 0 spiro atoms. The average molecular weight is 378 g/mol. The van der Waals surface area contributed by atoms with Gasteiger partial charge < -0.3 is 14.2 Å². The lowest BCUT2D eigenvalue weighted by Crippen LogP contribution is -2.24. The highest BCUT2D eigenvalue weighted by Crippen LogP contribution is 2.54. The molecular formula is C21H28FO3P. The van der Waals surface area contributed by atoms with Crippen molar-refractivity contribution in [1.82, 2.24) is 0 Å². The van der Waals surface area contributed by atoms with Gasteiger partial charge in [-0.25, -0.2) is 4.39 Å². The third-order valence-electron chi connectivity index (χ3n) is 4.73. The first-order valence-corrected chi connectivity index (χ1v) is 9.88. The molecule has 0 bridgehead atoms. The summed E-state index contributed by atoms with van der Waals surface area (Å²) < 4.78 is 31.1. The number of hydrogen-bond donors (Lipinski definition) is 0. The quantitative estimate of drug-likeness (QED) is 0.557. The maximum Gasteiger partial charge on any atom is 0.165 e. The second kappa shape index (κ2) is 9.23. The summed E-state index contributed by atoms with van der Waals surface area (Å²) in [4.78, 5) is 0. The predicted octanol–water partition coefficient (Wildman–Crippen LogP) is 5.26. The van der Waals surface area contributed by atoms with Crippen LogP contribution in [0.5, 0.6) is 17.2 Å². The first-order valence-electron chi connectivity index (χ1n) is 8.88. The minimum absolute atomic E-state index is 0.159. The van der Waals surface area contributed by atoms with Crippen LogP contribution >= 0.6 is 8.58 Å². The van der Waals surface area contributed by atoms with Crippen LogP contribution in [0, 0.1) is 5.82 Å². The van der Waals surface area contributed by atoms with E-state index < -0.39 is 0 Å². The number of halogens is 1. The molecule has 0 aliphatic carbocycles. The molecule has 2 aromatic carbocycles. The predicted molar refractivity (Wildman–Crippen MR) is 107 cm³/mol. The molecule has 5 heteroatoms. The van der Waals surface area contributed by atoms with E-state index >= 15 is 0 Å². The third kappa shape index (κ3) is 4.12. The van der Waals surface area contributed by atoms with Gasteiger partial charge in [0.25, 0.3) is 0 Å². The summed E-state index contributed by atoms with van der Waals surface area (Å²) >= 11 is 0. The molecule has 3 nitrogen and oxygen atoms in total. The normalized spacial score (nSPS) is 13.6. The van der Waals surface area contributed by atoms with E-state index in [1.54, 1.807) is 27.4 Å². The summed E-state index contributed by atoms with van der Waals surface area (Å²) in [6, 6.07) is 10.8. The van der Waals surface area contributed by atoms with Crippen LogP contribution < -0.4 is 19.5 Å². The van der Waals surface area contributed by atoms with Gasteiger partial charge >= 0.3 is 0 Å². The van der Waals surface area contributed by atoms with E-state index in [4.69, 9.17) is 14.2 Å². The van der Waals surface area contributed by atoms with Crippen molar-refractivity contribution in [3.8, 4) is 17.2 Å². The molecule has 0 N–H and O–H groups in total. The maximum absolute atomic E-state index is 14.4. The van der Waals surface area contributed by atoms with E-state index in [-0.39, 0.29) is 19.6 Å². The molecule has 0 radical (unpaired) electrons. The lowest BCUT2D eigenvalue weighted by atomic mass is 9.89. The molecule has 0 saturated heterocycles. The molecular weight excluding hydrogens is 350 g/mol. The Hall–Kier alpha value is -1.80. The van der Waals surface area contributed by atoms with Crippen LogP contribution in [0.4, 0.5) is 4.39 Å². The number of hydrogen-bond acceptors (Lipinski definition) is 3. The Kier molecular flexibility index (Phi) is 7.28. The molecule has 0 heterocycles. The van der Waals surface area contributed by atoms with E-state index in [1.165, 1.54) is 6.07 Å². The summed E-state index contributed by atoms with van der Waals surface area (Å²) in [7, 11) is 5.18. The zero-order chi connectivity index (χ0) is 19.2. The van der Waals surface area contributed by atoms with Crippen LogP contribution in [-0.4, -0.2) is 21.3 Å². The van der Waals surface area contributed by atoms with Crippen LogP contribution in [0.15, 0.2) is 36.4 Å². The SMILES string of the molecule is CCCC(CC)(Pc1ccccc1F)c1cc(OC)cc(OC)c1OC. The van der Waals surface area contributed by atoms with Crippen molar-refractivity contribution in [3.05, 3.63) is 47.8 Å². The Morgan fingerprint density at radius 1 is 1.00 bits per heavy atom. The fourth-order valence-corrected chi connectivity index (χ4v) is 5.15. The van der Waals surface area contributed by atoms with Crippen molar-refractivity contribution in [2.45, 2.75) is 38.3 Å². The third-order valence-corrected chi connectivity index (χ3v) is 6.76. The molecule has 2 rings (SSSR count). The zero-order valence-corrected chi connectivity index (χ0v) is 17.2. The van der Waals surface area contributed by atoms with Gasteiger partial charge in [-0.1, -0.05) is 47.0 Å². The number of ether oxygens (including phenoxy) is 3. The summed E-state index contributed by atoms with van der Waals surface area (Å²) in [6.45, 7) is 4.30. The Bertz CT molecular complexity index is 735. The fraction of sp³-hybridized carbons (Fsp3) is 0.429. The van der Waals surface area contributed by atoms with Gasteiger partial charge in [-0.2, -0.15) is 0 Å². The Morgan fingerprint density at radius 2 is 1.73 bits per heavy atom. The molecule has 142 valence electrons. The van der Waals surface area contributed by atoms with Crippen molar-refractivity contribution in [2.24, 2.45) is 0 Å². The molecule has 0 aliphatic heterocycles. The summed E-state index contributed by atoms with van der Waals surface area (Å²) in [6.07, 6.45) is 2.77. The van der Waals surface area contributed by atoms with E-state index in [0.29, 0.717) is 17.2 Å². The molecule has 2 unspecified atom stereocenters. The second-order valence-electron chi connectivity index (χ2n) is 6.20. The molecule has 2 aromatic rings. The zero-order valence-electron chi connectivity index (χ0n) is 16.2. The molecule has 2 atom stereocenters. The highest BCUT2D eigenvalue weighted by Gasteiger charge is 2.35. The van der Waals surface area contributed by atoms with Gasteiger partial charge in [0.15, 0.2) is 11.5 Å². The monoisotopic (exact) mass is 378 g/mol. The maximum atomic E-state index is 14.4. The Morgan fingerprint density at radius 3 is 2.27 bits per heavy atom. The first kappa shape index (κ1) is 20.5. The van der Waals surface area contributed by atoms with Gasteiger partial charge in [0.1, 0.15) is 11.6 Å². The van der Waals surface area contributed by atoms with Crippen molar-refractivity contribution in [1.29, 1.82) is 0 Å². The number of methoxy groups -OCH3 is 3. The average Bonchev–Trinajstić information content (AvgIpc) is 2.68. The van der Waals surface area contributed by atoms with Gasteiger partial charge in [-0.05, 0) is 25.0 Å². The lowest BCUT2D eigenvalue weighted by Gasteiger charge is -2.35. The van der Waals surface area contributed by atoms with Crippen molar-refractivity contribution in [2.75, 3.05) is 21.3 Å². The minimum Gasteiger partial charge on any atom is -0.497 e. The molecule has 0 aromatic heterocycles. The topological polar surface area (TPSA) is 27.7 Å². The highest BCUT2D eigenvalue weighted by molar-refractivity contribution is 7.48. The molecule has 0 fully saturated rings.